The van der Waals surface area contributed by atoms with Gasteiger partial charge >= 0.3 is 0 Å². The van der Waals surface area contributed by atoms with Crippen molar-refractivity contribution in [2.24, 2.45) is 0 Å². The highest BCUT2D eigenvalue weighted by Gasteiger charge is 2.26. The third-order valence-electron chi connectivity index (χ3n) is 4.04. The first-order valence-electron chi connectivity index (χ1n) is 7.95. The predicted octanol–water partition coefficient (Wildman–Crippen LogP) is 1.55. The predicted molar refractivity (Wildman–Crippen MR) is 89.8 cm³/mol. The zero-order chi connectivity index (χ0) is 17.2. The normalized spacial score (nSPS) is 15.9. The molecule has 1 amide bonds. The van der Waals surface area contributed by atoms with Crippen molar-refractivity contribution in [3.8, 4) is 11.5 Å². The topological polar surface area (TPSA) is 82.7 Å². The highest BCUT2D eigenvalue weighted by atomic mass is 16.6. The minimum Gasteiger partial charge on any atom is -0.485 e. The summed E-state index contributed by atoms with van der Waals surface area (Å²) < 4.78 is 17.9. The minimum atomic E-state index is -0.709. The van der Waals surface area contributed by atoms with Crippen LogP contribution in [0.1, 0.15) is 0 Å². The molecule has 3 aromatic rings. The maximum absolute atomic E-state index is 12.2. The van der Waals surface area contributed by atoms with Crippen LogP contribution in [0, 0.1) is 0 Å². The zero-order valence-electron chi connectivity index (χ0n) is 13.3. The number of furan rings is 1. The minimum absolute atomic E-state index is 0.154. The van der Waals surface area contributed by atoms with E-state index in [1.165, 1.54) is 10.8 Å². The van der Waals surface area contributed by atoms with Crippen molar-refractivity contribution in [3.63, 3.8) is 0 Å². The van der Waals surface area contributed by atoms with E-state index in [1.54, 1.807) is 30.5 Å². The highest BCUT2D eigenvalue weighted by molar-refractivity contribution is 5.81. The lowest BCUT2D eigenvalue weighted by molar-refractivity contribution is -0.130. The van der Waals surface area contributed by atoms with Crippen molar-refractivity contribution in [2.45, 2.75) is 12.6 Å². The van der Waals surface area contributed by atoms with E-state index in [1.807, 2.05) is 12.1 Å². The van der Waals surface area contributed by atoms with E-state index in [9.17, 15) is 9.59 Å². The number of para-hydroxylation sites is 2. The van der Waals surface area contributed by atoms with Crippen molar-refractivity contribution in [2.75, 3.05) is 13.2 Å². The first kappa shape index (κ1) is 15.3. The molecule has 2 aromatic heterocycles. The molecule has 0 saturated carbocycles. The van der Waals surface area contributed by atoms with E-state index in [0.29, 0.717) is 30.2 Å². The fraction of sp³-hybridized carbons (Fsp3) is 0.222. The Kier molecular flexibility index (Phi) is 3.89. The van der Waals surface area contributed by atoms with Gasteiger partial charge in [-0.05, 0) is 24.3 Å². The van der Waals surface area contributed by atoms with Crippen LogP contribution >= 0.6 is 0 Å². The Morgan fingerprint density at radius 2 is 2.04 bits per heavy atom. The summed E-state index contributed by atoms with van der Waals surface area (Å²) in [4.78, 5) is 24.4. The summed E-state index contributed by atoms with van der Waals surface area (Å²) in [6.07, 6.45) is 2.46. The second kappa shape index (κ2) is 6.35. The van der Waals surface area contributed by atoms with Crippen molar-refractivity contribution in [1.82, 2.24) is 9.88 Å². The first-order valence-corrected chi connectivity index (χ1v) is 7.95. The van der Waals surface area contributed by atoms with E-state index in [2.05, 4.69) is 5.32 Å². The highest BCUT2D eigenvalue weighted by Crippen LogP contribution is 2.30. The second-order valence-electron chi connectivity index (χ2n) is 5.67. The van der Waals surface area contributed by atoms with E-state index >= 15 is 0 Å². The number of hydrogen-bond donors (Lipinski definition) is 1. The molecule has 0 saturated heterocycles. The summed E-state index contributed by atoms with van der Waals surface area (Å²) in [7, 11) is 0. The number of carbonyl (C=O) groups excluding carboxylic acids is 1. The molecule has 128 valence electrons. The third-order valence-corrected chi connectivity index (χ3v) is 4.04. The number of ether oxygens (including phenoxy) is 2. The van der Waals surface area contributed by atoms with Gasteiger partial charge in [0.2, 0.25) is 6.10 Å². The van der Waals surface area contributed by atoms with Gasteiger partial charge in [-0.3, -0.25) is 9.59 Å². The fourth-order valence-corrected chi connectivity index (χ4v) is 2.73. The molecule has 3 heterocycles. The van der Waals surface area contributed by atoms with Crippen LogP contribution in [-0.2, 0) is 11.3 Å². The van der Waals surface area contributed by atoms with Crippen LogP contribution in [0.5, 0.6) is 11.5 Å². The molecule has 0 aliphatic carbocycles. The number of benzene rings is 1. The fourth-order valence-electron chi connectivity index (χ4n) is 2.73. The molecule has 0 spiro atoms. The Balaban J connectivity index is 1.36. The van der Waals surface area contributed by atoms with E-state index in [-0.39, 0.29) is 18.1 Å². The Hall–Kier alpha value is -3.22. The van der Waals surface area contributed by atoms with Crippen LogP contribution in [0.3, 0.4) is 0 Å². The molecule has 1 aromatic carbocycles. The summed E-state index contributed by atoms with van der Waals surface area (Å²) in [6.45, 7) is 0.791. The monoisotopic (exact) mass is 340 g/mol. The average Bonchev–Trinajstić information content (AvgIpc) is 3.12. The van der Waals surface area contributed by atoms with E-state index in [4.69, 9.17) is 13.9 Å². The van der Waals surface area contributed by atoms with Gasteiger partial charge in [0.05, 0.1) is 6.26 Å². The van der Waals surface area contributed by atoms with Crippen molar-refractivity contribution < 1.29 is 18.7 Å². The molecule has 1 N–H and O–H groups in total. The molecular formula is C18H16N2O5. The maximum Gasteiger partial charge on any atom is 0.294 e. The van der Waals surface area contributed by atoms with Crippen LogP contribution < -0.4 is 20.3 Å². The van der Waals surface area contributed by atoms with Gasteiger partial charge in [0.1, 0.15) is 6.61 Å². The lowest BCUT2D eigenvalue weighted by Crippen LogP contribution is -2.45. The second-order valence-corrected chi connectivity index (χ2v) is 5.67. The van der Waals surface area contributed by atoms with Crippen LogP contribution in [0.4, 0.5) is 0 Å². The van der Waals surface area contributed by atoms with Crippen LogP contribution in [0.2, 0.25) is 0 Å². The van der Waals surface area contributed by atoms with Crippen LogP contribution in [-0.4, -0.2) is 29.7 Å². The first-order chi connectivity index (χ1) is 12.2. The van der Waals surface area contributed by atoms with Crippen LogP contribution in [0.25, 0.3) is 11.0 Å². The summed E-state index contributed by atoms with van der Waals surface area (Å²) >= 11 is 0. The number of pyridine rings is 1. The number of rotatable bonds is 4. The third kappa shape index (κ3) is 2.96. The maximum atomic E-state index is 12.2. The number of aromatic nitrogens is 1. The molecule has 1 aliphatic rings. The lowest BCUT2D eigenvalue weighted by Gasteiger charge is -2.25. The molecule has 25 heavy (non-hydrogen) atoms. The molecular weight excluding hydrogens is 324 g/mol. The number of amides is 1. The Morgan fingerprint density at radius 3 is 2.92 bits per heavy atom. The van der Waals surface area contributed by atoms with Gasteiger partial charge in [-0.15, -0.1) is 0 Å². The summed E-state index contributed by atoms with van der Waals surface area (Å²) in [6, 6.07) is 10.8. The van der Waals surface area contributed by atoms with Crippen molar-refractivity contribution in [1.29, 1.82) is 0 Å². The van der Waals surface area contributed by atoms with Gasteiger partial charge in [0.15, 0.2) is 17.1 Å². The number of nitrogens with zero attached hydrogens (tertiary/aromatic N) is 1. The van der Waals surface area contributed by atoms with E-state index in [0.717, 1.165) is 5.39 Å². The van der Waals surface area contributed by atoms with Gasteiger partial charge in [0.25, 0.3) is 11.5 Å². The molecule has 7 nitrogen and oxygen atoms in total. The summed E-state index contributed by atoms with van der Waals surface area (Å²) in [5.74, 6) is 0.903. The van der Waals surface area contributed by atoms with Crippen LogP contribution in [0.15, 0.2) is 58.1 Å². The Bertz CT molecular complexity index is 975. The largest absolute Gasteiger partial charge is 0.485 e. The molecule has 0 radical (unpaired) electrons. The summed E-state index contributed by atoms with van der Waals surface area (Å²) in [5.41, 5.74) is 0.0948. The van der Waals surface area contributed by atoms with Crippen molar-refractivity contribution >= 4 is 16.9 Å². The Morgan fingerprint density at radius 1 is 1.20 bits per heavy atom. The smallest absolute Gasteiger partial charge is 0.294 e. The average molecular weight is 340 g/mol. The van der Waals surface area contributed by atoms with Gasteiger partial charge in [-0.1, -0.05) is 12.1 Å². The van der Waals surface area contributed by atoms with Gasteiger partial charge in [-0.2, -0.15) is 0 Å². The molecule has 0 unspecified atom stereocenters. The number of carbonyl (C=O) groups is 1. The number of hydrogen-bond acceptors (Lipinski definition) is 5. The molecule has 7 heteroatoms. The number of fused-ring (bicyclic) bond motifs is 2. The molecule has 1 atom stereocenters. The van der Waals surface area contributed by atoms with Gasteiger partial charge in [0, 0.05) is 24.7 Å². The molecule has 0 bridgehead atoms. The zero-order valence-corrected chi connectivity index (χ0v) is 13.3. The van der Waals surface area contributed by atoms with Crippen molar-refractivity contribution in [3.05, 3.63) is 59.2 Å². The van der Waals surface area contributed by atoms with Gasteiger partial charge in [-0.25, -0.2) is 0 Å². The molecule has 0 fully saturated rings. The SMILES string of the molecule is O=C(NCCn1ccc2ccoc2c1=O)[C@H]1COc2ccccc2O1. The Labute approximate surface area is 142 Å². The van der Waals surface area contributed by atoms with E-state index < -0.39 is 6.10 Å². The molecule has 4 rings (SSSR count). The van der Waals surface area contributed by atoms with Gasteiger partial charge < -0.3 is 23.8 Å². The lowest BCUT2D eigenvalue weighted by atomic mass is 10.2. The quantitative estimate of drug-likeness (QED) is 0.779. The number of nitrogens with one attached hydrogen (secondary N) is 1. The standard InChI is InChI=1S/C18H16N2O5/c21-17(15-11-24-13-3-1-2-4-14(13)25-15)19-7-9-20-8-5-12-6-10-23-16(12)18(20)22/h1-6,8,10,15H,7,9,11H2,(H,19,21)/t15-/m1/s1. The summed E-state index contributed by atoms with van der Waals surface area (Å²) in [5, 5.41) is 3.53. The molecule has 1 aliphatic heterocycles.